The van der Waals surface area contributed by atoms with Crippen LogP contribution in [-0.4, -0.2) is 42.9 Å². The van der Waals surface area contributed by atoms with Crippen LogP contribution in [0.4, 0.5) is 10.5 Å². The molecule has 0 bridgehead atoms. The largest absolute Gasteiger partial charge is 0.372 e. The number of hydrazone groups is 1. The van der Waals surface area contributed by atoms with Crippen LogP contribution < -0.4 is 10.2 Å². The molecule has 0 saturated carbocycles. The van der Waals surface area contributed by atoms with Gasteiger partial charge >= 0.3 is 6.03 Å². The predicted molar refractivity (Wildman–Crippen MR) is 114 cm³/mol. The van der Waals surface area contributed by atoms with Crippen molar-refractivity contribution in [2.75, 3.05) is 25.0 Å². The summed E-state index contributed by atoms with van der Waals surface area (Å²) in [5.41, 5.74) is 5.29. The molecule has 146 valence electrons. The van der Waals surface area contributed by atoms with Gasteiger partial charge in [0.2, 0.25) is 0 Å². The van der Waals surface area contributed by atoms with Crippen molar-refractivity contribution >= 4 is 29.0 Å². The van der Waals surface area contributed by atoms with Crippen molar-refractivity contribution < 1.29 is 4.79 Å². The zero-order valence-electron chi connectivity index (χ0n) is 16.3. The van der Waals surface area contributed by atoms with Crippen LogP contribution in [0.15, 0.2) is 47.6 Å². The van der Waals surface area contributed by atoms with Gasteiger partial charge in [-0.25, -0.2) is 9.80 Å². The lowest BCUT2D eigenvalue weighted by Gasteiger charge is -2.23. The molecule has 28 heavy (non-hydrogen) atoms. The highest BCUT2D eigenvalue weighted by Crippen LogP contribution is 2.29. The third kappa shape index (κ3) is 3.59. The van der Waals surface area contributed by atoms with Gasteiger partial charge in [0.1, 0.15) is 0 Å². The normalized spacial score (nSPS) is 19.1. The molecule has 2 aliphatic heterocycles. The maximum absolute atomic E-state index is 12.5. The van der Waals surface area contributed by atoms with Crippen molar-refractivity contribution in [2.45, 2.75) is 32.2 Å². The molecule has 1 fully saturated rings. The monoisotopic (exact) mass is 396 g/mol. The molecule has 4 rings (SSSR count). The SMILES string of the molecule is CNC(=O)N1N=C(c2ccc(Cl)cc2)c2ccc(N3CCCC3)cc2CC1C. The number of rotatable bonds is 2. The van der Waals surface area contributed by atoms with Crippen LogP contribution in [0.25, 0.3) is 0 Å². The van der Waals surface area contributed by atoms with Gasteiger partial charge in [-0.15, -0.1) is 0 Å². The number of fused-ring (bicyclic) bond motifs is 1. The zero-order chi connectivity index (χ0) is 19.7. The van der Waals surface area contributed by atoms with E-state index >= 15 is 0 Å². The van der Waals surface area contributed by atoms with E-state index in [1.165, 1.54) is 24.1 Å². The molecule has 2 aromatic rings. The van der Waals surface area contributed by atoms with Crippen molar-refractivity contribution in [2.24, 2.45) is 5.10 Å². The fourth-order valence-electron chi connectivity index (χ4n) is 4.00. The standard InChI is InChI=1S/C22H25ClN4O/c1-15-13-17-14-19(26-11-3-4-12-26)9-10-20(17)21(25-27(15)22(28)24-2)16-5-7-18(23)8-6-16/h5-10,14-15H,3-4,11-13H2,1-2H3,(H,24,28). The summed E-state index contributed by atoms with van der Waals surface area (Å²) in [6, 6.07) is 14.0. The van der Waals surface area contributed by atoms with Crippen LogP contribution >= 0.6 is 11.6 Å². The van der Waals surface area contributed by atoms with E-state index in [9.17, 15) is 4.79 Å². The number of benzene rings is 2. The first-order chi connectivity index (χ1) is 13.6. The first-order valence-electron chi connectivity index (χ1n) is 9.80. The fourth-order valence-corrected chi connectivity index (χ4v) is 4.12. The predicted octanol–water partition coefficient (Wildman–Crippen LogP) is 4.28. The number of carbonyl (C=O) groups excluding carboxylic acids is 1. The van der Waals surface area contributed by atoms with Gasteiger partial charge in [-0.05, 0) is 56.0 Å². The summed E-state index contributed by atoms with van der Waals surface area (Å²) in [6.07, 6.45) is 3.25. The average Bonchev–Trinajstić information content (AvgIpc) is 3.20. The fraction of sp³-hybridized carbons (Fsp3) is 0.364. The molecule has 0 aliphatic carbocycles. The van der Waals surface area contributed by atoms with E-state index < -0.39 is 0 Å². The Morgan fingerprint density at radius 2 is 1.86 bits per heavy atom. The summed E-state index contributed by atoms with van der Waals surface area (Å²) in [6.45, 7) is 4.25. The molecule has 0 spiro atoms. The van der Waals surface area contributed by atoms with Gasteiger partial charge in [-0.3, -0.25) is 0 Å². The maximum atomic E-state index is 12.5. The summed E-state index contributed by atoms with van der Waals surface area (Å²) in [5.74, 6) is 0. The van der Waals surface area contributed by atoms with Crippen molar-refractivity contribution in [3.8, 4) is 0 Å². The first-order valence-corrected chi connectivity index (χ1v) is 10.2. The molecule has 2 aromatic carbocycles. The van der Waals surface area contributed by atoms with Crippen molar-refractivity contribution in [1.29, 1.82) is 0 Å². The van der Waals surface area contributed by atoms with Crippen molar-refractivity contribution in [1.82, 2.24) is 10.3 Å². The Bertz CT molecular complexity index is 903. The first kappa shape index (κ1) is 18.8. The molecule has 0 radical (unpaired) electrons. The number of nitrogens with zero attached hydrogens (tertiary/aromatic N) is 3. The summed E-state index contributed by atoms with van der Waals surface area (Å²) >= 11 is 6.08. The number of urea groups is 1. The minimum absolute atomic E-state index is 0.0441. The van der Waals surface area contributed by atoms with Gasteiger partial charge in [0.15, 0.2) is 0 Å². The van der Waals surface area contributed by atoms with Crippen molar-refractivity contribution in [3.05, 3.63) is 64.2 Å². The summed E-state index contributed by atoms with van der Waals surface area (Å²) in [4.78, 5) is 14.9. The lowest BCUT2D eigenvalue weighted by atomic mass is 9.94. The molecule has 1 unspecified atom stereocenters. The topological polar surface area (TPSA) is 47.9 Å². The second-order valence-corrected chi connectivity index (χ2v) is 7.88. The van der Waals surface area contributed by atoms with Gasteiger partial charge in [0, 0.05) is 42.0 Å². The van der Waals surface area contributed by atoms with E-state index in [2.05, 4.69) is 28.4 Å². The summed E-state index contributed by atoms with van der Waals surface area (Å²) in [5, 5.41) is 9.72. The van der Waals surface area contributed by atoms with E-state index in [0.717, 1.165) is 36.3 Å². The third-order valence-electron chi connectivity index (χ3n) is 5.50. The Balaban J connectivity index is 1.82. The Morgan fingerprint density at radius 1 is 1.14 bits per heavy atom. The smallest absolute Gasteiger partial charge is 0.337 e. The van der Waals surface area contributed by atoms with Crippen molar-refractivity contribution in [3.63, 3.8) is 0 Å². The van der Waals surface area contributed by atoms with Gasteiger partial charge in [-0.2, -0.15) is 5.10 Å². The Kier molecular flexibility index (Phi) is 5.27. The number of halogens is 1. The number of amides is 2. The molecular formula is C22H25ClN4O. The number of hydrogen-bond acceptors (Lipinski definition) is 3. The Labute approximate surface area is 171 Å². The Hall–Kier alpha value is -2.53. The molecule has 1 atom stereocenters. The van der Waals surface area contributed by atoms with Crippen LogP contribution in [0.2, 0.25) is 5.02 Å². The summed E-state index contributed by atoms with van der Waals surface area (Å²) < 4.78 is 0. The van der Waals surface area contributed by atoms with E-state index in [0.29, 0.717) is 5.02 Å². The molecule has 2 amide bonds. The van der Waals surface area contributed by atoms with Crippen LogP contribution in [0, 0.1) is 0 Å². The maximum Gasteiger partial charge on any atom is 0.337 e. The molecule has 1 N–H and O–H groups in total. The minimum Gasteiger partial charge on any atom is -0.372 e. The molecule has 5 nitrogen and oxygen atoms in total. The van der Waals surface area contributed by atoms with Gasteiger partial charge < -0.3 is 10.2 Å². The number of nitrogens with one attached hydrogen (secondary N) is 1. The molecule has 0 aromatic heterocycles. The van der Waals surface area contributed by atoms with Gasteiger partial charge in [0.25, 0.3) is 0 Å². The zero-order valence-corrected chi connectivity index (χ0v) is 17.0. The highest BCUT2D eigenvalue weighted by Gasteiger charge is 2.27. The van der Waals surface area contributed by atoms with Gasteiger partial charge in [0.05, 0.1) is 11.8 Å². The average molecular weight is 397 g/mol. The highest BCUT2D eigenvalue weighted by molar-refractivity contribution is 6.30. The molecule has 1 saturated heterocycles. The number of carbonyl (C=O) groups is 1. The Morgan fingerprint density at radius 3 is 2.54 bits per heavy atom. The second-order valence-electron chi connectivity index (χ2n) is 7.44. The molecule has 6 heteroatoms. The second kappa shape index (κ2) is 7.84. The van der Waals surface area contributed by atoms with Crippen LogP contribution in [0.1, 0.15) is 36.5 Å². The highest BCUT2D eigenvalue weighted by atomic mass is 35.5. The lowest BCUT2D eigenvalue weighted by Crippen LogP contribution is -2.41. The molecular weight excluding hydrogens is 372 g/mol. The van der Waals surface area contributed by atoms with Crippen LogP contribution in [0.5, 0.6) is 0 Å². The number of hydrogen-bond donors (Lipinski definition) is 1. The molecule has 2 heterocycles. The quantitative estimate of drug-likeness (QED) is 0.823. The minimum atomic E-state index is -0.202. The van der Waals surface area contributed by atoms with Gasteiger partial charge in [-0.1, -0.05) is 29.8 Å². The summed E-state index contributed by atoms with van der Waals surface area (Å²) in [7, 11) is 1.63. The van der Waals surface area contributed by atoms with Crippen LogP contribution in [-0.2, 0) is 6.42 Å². The number of anilines is 1. The van der Waals surface area contributed by atoms with E-state index in [4.69, 9.17) is 16.7 Å². The van der Waals surface area contributed by atoms with Crippen LogP contribution in [0.3, 0.4) is 0 Å². The van der Waals surface area contributed by atoms with E-state index in [1.54, 1.807) is 12.1 Å². The lowest BCUT2D eigenvalue weighted by molar-refractivity contribution is 0.184. The third-order valence-corrected chi connectivity index (χ3v) is 5.75. The van der Waals surface area contributed by atoms with E-state index in [-0.39, 0.29) is 12.1 Å². The molecule has 2 aliphatic rings. The van der Waals surface area contributed by atoms with E-state index in [1.807, 2.05) is 31.2 Å².